The fraction of sp³-hybridized carbons (Fsp3) is 0.583. The summed E-state index contributed by atoms with van der Waals surface area (Å²) < 4.78 is 1.96. The number of nitrogens with one attached hydrogen (secondary N) is 2. The van der Waals surface area contributed by atoms with E-state index in [4.69, 9.17) is 0 Å². The molecule has 1 fully saturated rings. The highest BCUT2D eigenvalue weighted by atomic mass is 32.2. The van der Waals surface area contributed by atoms with Gasteiger partial charge in [-0.1, -0.05) is 11.8 Å². The molecule has 0 spiro atoms. The fourth-order valence-electron chi connectivity index (χ4n) is 1.53. The molecule has 0 bridgehead atoms. The number of thioether (sulfide) groups is 1. The van der Waals surface area contributed by atoms with Crippen molar-refractivity contribution in [2.45, 2.75) is 49.7 Å². The molecule has 0 radical (unpaired) electrons. The van der Waals surface area contributed by atoms with Crippen molar-refractivity contribution < 1.29 is 9.59 Å². The van der Waals surface area contributed by atoms with Crippen molar-refractivity contribution in [1.29, 1.82) is 0 Å². The van der Waals surface area contributed by atoms with Crippen LogP contribution in [0.2, 0.25) is 0 Å². The number of hydrogen-bond donors (Lipinski definition) is 2. The lowest BCUT2D eigenvalue weighted by atomic mass is 10.4. The van der Waals surface area contributed by atoms with E-state index < -0.39 is 6.03 Å². The van der Waals surface area contributed by atoms with Gasteiger partial charge in [0.15, 0.2) is 5.16 Å². The first-order valence-electron chi connectivity index (χ1n) is 6.39. The zero-order chi connectivity index (χ0) is 13.8. The number of carbonyl (C=O) groups excluding carboxylic acids is 2. The Kier molecular flexibility index (Phi) is 4.47. The smallest absolute Gasteiger partial charge is 0.321 e. The largest absolute Gasteiger partial charge is 0.335 e. The molecule has 1 aliphatic carbocycles. The molecule has 6 nitrogen and oxygen atoms in total. The standard InChI is InChI=1S/C12H18N4O2S/c1-3-16-7-6-13-12(16)19-8(2)10(17)15-11(18)14-9-4-5-9/h6-9H,3-5H2,1-2H3,(H2,14,15,17,18). The van der Waals surface area contributed by atoms with Crippen LogP contribution in [-0.4, -0.2) is 32.8 Å². The first-order chi connectivity index (χ1) is 9.10. The van der Waals surface area contributed by atoms with E-state index in [0.717, 1.165) is 24.5 Å². The van der Waals surface area contributed by atoms with Crippen LogP contribution in [0.3, 0.4) is 0 Å². The SMILES string of the molecule is CCn1ccnc1SC(C)C(=O)NC(=O)NC1CC1. The van der Waals surface area contributed by atoms with Crippen LogP contribution in [0.5, 0.6) is 0 Å². The highest BCUT2D eigenvalue weighted by Crippen LogP contribution is 2.21. The van der Waals surface area contributed by atoms with Gasteiger partial charge in [0.2, 0.25) is 5.91 Å². The summed E-state index contributed by atoms with van der Waals surface area (Å²) in [5, 5.41) is 5.50. The van der Waals surface area contributed by atoms with E-state index in [0.29, 0.717) is 0 Å². The highest BCUT2D eigenvalue weighted by molar-refractivity contribution is 8.00. The van der Waals surface area contributed by atoms with Crippen LogP contribution in [0.4, 0.5) is 4.79 Å². The Morgan fingerprint density at radius 2 is 2.32 bits per heavy atom. The van der Waals surface area contributed by atoms with Crippen molar-refractivity contribution in [2.24, 2.45) is 0 Å². The van der Waals surface area contributed by atoms with Gasteiger partial charge in [0.1, 0.15) is 0 Å². The third-order valence-corrected chi connectivity index (χ3v) is 3.94. The van der Waals surface area contributed by atoms with Crippen LogP contribution in [0.15, 0.2) is 17.6 Å². The predicted molar refractivity (Wildman–Crippen MR) is 72.9 cm³/mol. The summed E-state index contributed by atoms with van der Waals surface area (Å²) in [7, 11) is 0. The van der Waals surface area contributed by atoms with Gasteiger partial charge >= 0.3 is 6.03 Å². The van der Waals surface area contributed by atoms with E-state index >= 15 is 0 Å². The number of carbonyl (C=O) groups is 2. The van der Waals surface area contributed by atoms with Gasteiger partial charge < -0.3 is 9.88 Å². The minimum absolute atomic E-state index is 0.245. The van der Waals surface area contributed by atoms with E-state index in [-0.39, 0.29) is 17.2 Å². The number of amides is 3. The lowest BCUT2D eigenvalue weighted by molar-refractivity contribution is -0.119. The van der Waals surface area contributed by atoms with Gasteiger partial charge in [0, 0.05) is 25.0 Å². The molecule has 3 amide bonds. The van der Waals surface area contributed by atoms with E-state index in [9.17, 15) is 9.59 Å². The average molecular weight is 282 g/mol. The highest BCUT2D eigenvalue weighted by Gasteiger charge is 2.25. The third kappa shape index (κ3) is 3.99. The molecule has 0 saturated heterocycles. The van der Waals surface area contributed by atoms with Crippen molar-refractivity contribution in [1.82, 2.24) is 20.2 Å². The predicted octanol–water partition coefficient (Wildman–Crippen LogP) is 1.37. The molecule has 7 heteroatoms. The quantitative estimate of drug-likeness (QED) is 0.800. The van der Waals surface area contributed by atoms with Crippen molar-refractivity contribution in [3.05, 3.63) is 12.4 Å². The summed E-state index contributed by atoms with van der Waals surface area (Å²) in [4.78, 5) is 27.5. The number of imide groups is 1. The van der Waals surface area contributed by atoms with Crippen molar-refractivity contribution >= 4 is 23.7 Å². The Morgan fingerprint density at radius 3 is 2.95 bits per heavy atom. The Hall–Kier alpha value is -1.50. The third-order valence-electron chi connectivity index (χ3n) is 2.82. The van der Waals surface area contributed by atoms with Gasteiger partial charge in [-0.2, -0.15) is 0 Å². The number of aromatic nitrogens is 2. The van der Waals surface area contributed by atoms with Gasteiger partial charge in [-0.25, -0.2) is 9.78 Å². The molecule has 1 heterocycles. The zero-order valence-corrected chi connectivity index (χ0v) is 11.9. The van der Waals surface area contributed by atoms with Gasteiger partial charge in [0.25, 0.3) is 0 Å². The number of aryl methyl sites for hydroxylation is 1. The maximum atomic E-state index is 11.9. The minimum Gasteiger partial charge on any atom is -0.335 e. The molecule has 1 atom stereocenters. The van der Waals surface area contributed by atoms with Crippen molar-refractivity contribution in [3.63, 3.8) is 0 Å². The molecular weight excluding hydrogens is 264 g/mol. The van der Waals surface area contributed by atoms with Gasteiger partial charge in [-0.05, 0) is 26.7 Å². The topological polar surface area (TPSA) is 76.0 Å². The molecule has 1 saturated carbocycles. The van der Waals surface area contributed by atoms with E-state index in [1.165, 1.54) is 11.8 Å². The fourth-order valence-corrected chi connectivity index (χ4v) is 2.46. The number of urea groups is 1. The van der Waals surface area contributed by atoms with Crippen LogP contribution in [-0.2, 0) is 11.3 Å². The first kappa shape index (κ1) is 13.9. The maximum absolute atomic E-state index is 11.9. The molecule has 1 aromatic heterocycles. The molecule has 1 aromatic rings. The lowest BCUT2D eigenvalue weighted by Crippen LogP contribution is -2.43. The van der Waals surface area contributed by atoms with Crippen molar-refractivity contribution in [3.8, 4) is 0 Å². The molecule has 1 aliphatic rings. The van der Waals surface area contributed by atoms with E-state index in [1.54, 1.807) is 13.1 Å². The van der Waals surface area contributed by atoms with Crippen LogP contribution >= 0.6 is 11.8 Å². The van der Waals surface area contributed by atoms with E-state index in [1.807, 2.05) is 17.7 Å². The second kappa shape index (κ2) is 6.10. The number of imidazole rings is 1. The summed E-state index contributed by atoms with van der Waals surface area (Å²) in [6.07, 6.45) is 5.57. The zero-order valence-electron chi connectivity index (χ0n) is 11.0. The summed E-state index contributed by atoms with van der Waals surface area (Å²) in [5.74, 6) is -0.297. The van der Waals surface area contributed by atoms with Crippen LogP contribution < -0.4 is 10.6 Å². The van der Waals surface area contributed by atoms with Crippen LogP contribution in [0.1, 0.15) is 26.7 Å². The molecule has 0 aromatic carbocycles. The summed E-state index contributed by atoms with van der Waals surface area (Å²) in [5.41, 5.74) is 0. The second-order valence-corrected chi connectivity index (χ2v) is 5.80. The number of nitrogens with zero attached hydrogens (tertiary/aromatic N) is 2. The van der Waals surface area contributed by atoms with Crippen LogP contribution in [0, 0.1) is 0 Å². The lowest BCUT2D eigenvalue weighted by Gasteiger charge is -2.12. The summed E-state index contributed by atoms with van der Waals surface area (Å²) in [6, 6.07) is -0.159. The molecule has 19 heavy (non-hydrogen) atoms. The Morgan fingerprint density at radius 1 is 1.58 bits per heavy atom. The molecule has 2 N–H and O–H groups in total. The van der Waals surface area contributed by atoms with Gasteiger partial charge in [-0.15, -0.1) is 0 Å². The Labute approximate surface area is 116 Å². The molecule has 2 rings (SSSR count). The first-order valence-corrected chi connectivity index (χ1v) is 7.27. The number of hydrogen-bond acceptors (Lipinski definition) is 4. The van der Waals surface area contributed by atoms with Gasteiger partial charge in [0.05, 0.1) is 5.25 Å². The average Bonchev–Trinajstić information content (AvgIpc) is 3.06. The Bertz CT molecular complexity index is 470. The monoisotopic (exact) mass is 282 g/mol. The van der Waals surface area contributed by atoms with E-state index in [2.05, 4.69) is 15.6 Å². The van der Waals surface area contributed by atoms with Gasteiger partial charge in [-0.3, -0.25) is 10.1 Å². The normalized spacial score (nSPS) is 15.9. The summed E-state index contributed by atoms with van der Waals surface area (Å²) >= 11 is 1.35. The molecule has 1 unspecified atom stereocenters. The van der Waals surface area contributed by atoms with Crippen LogP contribution in [0.25, 0.3) is 0 Å². The number of rotatable bonds is 5. The minimum atomic E-state index is -0.404. The summed E-state index contributed by atoms with van der Waals surface area (Å²) in [6.45, 7) is 4.58. The second-order valence-electron chi connectivity index (χ2n) is 4.49. The Balaban J connectivity index is 1.82. The van der Waals surface area contributed by atoms with Crippen molar-refractivity contribution in [2.75, 3.05) is 0 Å². The maximum Gasteiger partial charge on any atom is 0.321 e. The molecule has 104 valence electrons. The molecular formula is C12H18N4O2S. The molecule has 0 aliphatic heterocycles.